The van der Waals surface area contributed by atoms with Crippen LogP contribution in [-0.4, -0.2) is 28.4 Å². The van der Waals surface area contributed by atoms with Crippen molar-refractivity contribution >= 4 is 17.2 Å². The Hall–Kier alpha value is -2.38. The molecule has 6 nitrogen and oxygen atoms in total. The summed E-state index contributed by atoms with van der Waals surface area (Å²) in [5, 5.41) is 4.98. The van der Waals surface area contributed by atoms with E-state index >= 15 is 0 Å². The molecule has 0 bridgehead atoms. The number of amides is 1. The number of hydrogen-bond acceptors (Lipinski definition) is 6. The van der Waals surface area contributed by atoms with E-state index in [9.17, 15) is 4.79 Å². The van der Waals surface area contributed by atoms with Crippen molar-refractivity contribution in [3.8, 4) is 10.8 Å². The fourth-order valence-corrected chi connectivity index (χ4v) is 3.94. The van der Waals surface area contributed by atoms with Gasteiger partial charge in [0.2, 0.25) is 11.8 Å². The molecular formula is C19H21N3O3S. The fourth-order valence-electron chi connectivity index (χ4n) is 3.29. The molecule has 0 radical (unpaired) electrons. The lowest BCUT2D eigenvalue weighted by Crippen LogP contribution is -2.42. The lowest BCUT2D eigenvalue weighted by Gasteiger charge is -2.22. The van der Waals surface area contributed by atoms with E-state index in [4.69, 9.17) is 8.83 Å². The molecule has 3 aromatic rings. The first-order valence-electron chi connectivity index (χ1n) is 8.75. The number of thiophene rings is 1. The van der Waals surface area contributed by atoms with Crippen molar-refractivity contribution in [2.24, 2.45) is 0 Å². The minimum absolute atomic E-state index is 0.0403. The van der Waals surface area contributed by atoms with Crippen LogP contribution in [0.25, 0.3) is 10.8 Å². The van der Waals surface area contributed by atoms with Gasteiger partial charge in [-0.15, -0.1) is 11.3 Å². The zero-order valence-corrected chi connectivity index (χ0v) is 15.4. The minimum Gasteiger partial charge on any atom is -0.467 e. The molecule has 1 fully saturated rings. The van der Waals surface area contributed by atoms with Gasteiger partial charge in [-0.05, 0) is 49.9 Å². The second kappa shape index (κ2) is 7.47. The smallest absolute Gasteiger partial charge is 0.237 e. The van der Waals surface area contributed by atoms with Crippen LogP contribution in [0.15, 0.2) is 44.7 Å². The van der Waals surface area contributed by atoms with E-state index in [0.29, 0.717) is 19.0 Å². The number of nitrogens with one attached hydrogen (secondary N) is 1. The zero-order valence-electron chi connectivity index (χ0n) is 14.6. The monoisotopic (exact) mass is 371 g/mol. The number of carbonyl (C=O) groups is 1. The molecule has 1 atom stereocenters. The van der Waals surface area contributed by atoms with Crippen LogP contribution in [0.2, 0.25) is 0 Å². The number of carbonyl (C=O) groups excluding carboxylic acids is 1. The van der Waals surface area contributed by atoms with Crippen molar-refractivity contribution in [2.75, 3.05) is 6.54 Å². The van der Waals surface area contributed by atoms with Crippen LogP contribution in [0.4, 0.5) is 0 Å². The Labute approximate surface area is 155 Å². The Bertz CT molecular complexity index is 855. The molecule has 1 amide bonds. The summed E-state index contributed by atoms with van der Waals surface area (Å²) in [6.45, 7) is 3.86. The topological polar surface area (TPSA) is 71.5 Å². The molecule has 3 aromatic heterocycles. The van der Waals surface area contributed by atoms with Gasteiger partial charge in [0.1, 0.15) is 11.5 Å². The van der Waals surface area contributed by atoms with Gasteiger partial charge in [-0.2, -0.15) is 0 Å². The molecular weight excluding hydrogens is 350 g/mol. The molecule has 0 aliphatic carbocycles. The summed E-state index contributed by atoms with van der Waals surface area (Å²) in [6.07, 6.45) is 3.48. The third-order valence-corrected chi connectivity index (χ3v) is 5.52. The Morgan fingerprint density at radius 3 is 3.12 bits per heavy atom. The third kappa shape index (κ3) is 3.59. The summed E-state index contributed by atoms with van der Waals surface area (Å²) >= 11 is 1.61. The standard InChI is InChI=1S/C19H21N3O3S/c1-13-15(21-19(25-13)17-7-4-10-26-17)12-22-8-2-6-16(22)18(23)20-11-14-5-3-9-24-14/h3-5,7,9-10,16H,2,6,8,11-12H2,1H3,(H,20,23). The maximum Gasteiger partial charge on any atom is 0.237 e. The van der Waals surface area contributed by atoms with Gasteiger partial charge < -0.3 is 14.2 Å². The second-order valence-corrected chi connectivity index (χ2v) is 7.37. The predicted molar refractivity (Wildman–Crippen MR) is 98.5 cm³/mol. The number of furan rings is 1. The molecule has 1 saturated heterocycles. The van der Waals surface area contributed by atoms with Crippen LogP contribution in [0, 0.1) is 6.92 Å². The van der Waals surface area contributed by atoms with Gasteiger partial charge in [0.05, 0.1) is 29.4 Å². The van der Waals surface area contributed by atoms with E-state index in [1.165, 1.54) is 0 Å². The highest BCUT2D eigenvalue weighted by Gasteiger charge is 2.31. The summed E-state index contributed by atoms with van der Waals surface area (Å²) in [5.74, 6) is 2.27. The highest BCUT2D eigenvalue weighted by Crippen LogP contribution is 2.28. The molecule has 0 saturated carbocycles. The van der Waals surface area contributed by atoms with Gasteiger partial charge in [-0.3, -0.25) is 9.69 Å². The van der Waals surface area contributed by atoms with Crippen molar-refractivity contribution in [1.29, 1.82) is 0 Å². The first-order valence-corrected chi connectivity index (χ1v) is 9.63. The average Bonchev–Trinajstić information content (AvgIpc) is 3.42. The van der Waals surface area contributed by atoms with Crippen molar-refractivity contribution < 1.29 is 13.6 Å². The van der Waals surface area contributed by atoms with E-state index in [-0.39, 0.29) is 11.9 Å². The second-order valence-electron chi connectivity index (χ2n) is 6.42. The Morgan fingerprint density at radius 1 is 1.42 bits per heavy atom. The highest BCUT2D eigenvalue weighted by atomic mass is 32.1. The molecule has 4 rings (SSSR count). The number of likely N-dealkylation sites (tertiary alicyclic amines) is 1. The number of rotatable bonds is 6. The van der Waals surface area contributed by atoms with E-state index in [2.05, 4.69) is 15.2 Å². The SMILES string of the molecule is Cc1oc(-c2cccs2)nc1CN1CCCC1C(=O)NCc1ccco1. The van der Waals surface area contributed by atoms with Crippen LogP contribution in [0.1, 0.15) is 30.1 Å². The van der Waals surface area contributed by atoms with E-state index in [1.54, 1.807) is 17.6 Å². The van der Waals surface area contributed by atoms with Crippen molar-refractivity contribution in [3.63, 3.8) is 0 Å². The fraction of sp³-hybridized carbons (Fsp3) is 0.368. The Morgan fingerprint density at radius 2 is 2.35 bits per heavy atom. The molecule has 0 aromatic carbocycles. The van der Waals surface area contributed by atoms with Crippen molar-refractivity contribution in [3.05, 3.63) is 53.1 Å². The highest BCUT2D eigenvalue weighted by molar-refractivity contribution is 7.13. The van der Waals surface area contributed by atoms with Gasteiger partial charge in [0, 0.05) is 6.54 Å². The summed E-state index contributed by atoms with van der Waals surface area (Å²) in [4.78, 5) is 20.4. The quantitative estimate of drug-likeness (QED) is 0.717. The van der Waals surface area contributed by atoms with Crippen LogP contribution in [0.3, 0.4) is 0 Å². The van der Waals surface area contributed by atoms with Gasteiger partial charge in [0.25, 0.3) is 0 Å². The molecule has 0 spiro atoms. The Balaban J connectivity index is 1.41. The third-order valence-electron chi connectivity index (χ3n) is 4.66. The largest absolute Gasteiger partial charge is 0.467 e. The lowest BCUT2D eigenvalue weighted by molar-refractivity contribution is -0.125. The average molecular weight is 371 g/mol. The summed E-state index contributed by atoms with van der Waals surface area (Å²) in [6, 6.07) is 7.53. The van der Waals surface area contributed by atoms with Crippen molar-refractivity contribution in [1.82, 2.24) is 15.2 Å². The number of nitrogens with zero attached hydrogens (tertiary/aromatic N) is 2. The van der Waals surface area contributed by atoms with Crippen LogP contribution in [-0.2, 0) is 17.9 Å². The van der Waals surface area contributed by atoms with Gasteiger partial charge in [-0.1, -0.05) is 6.07 Å². The lowest BCUT2D eigenvalue weighted by atomic mass is 10.2. The molecule has 7 heteroatoms. The normalized spacial score (nSPS) is 17.7. The Kier molecular flexibility index (Phi) is 4.90. The summed E-state index contributed by atoms with van der Waals surface area (Å²) < 4.78 is 11.1. The maximum atomic E-state index is 12.6. The number of aryl methyl sites for hydroxylation is 1. The molecule has 26 heavy (non-hydrogen) atoms. The molecule has 1 unspecified atom stereocenters. The molecule has 1 aliphatic rings. The number of aromatic nitrogens is 1. The zero-order chi connectivity index (χ0) is 17.9. The van der Waals surface area contributed by atoms with E-state index in [0.717, 1.165) is 41.5 Å². The van der Waals surface area contributed by atoms with Crippen LogP contribution >= 0.6 is 11.3 Å². The first kappa shape index (κ1) is 17.1. The predicted octanol–water partition coefficient (Wildman–Crippen LogP) is 3.59. The summed E-state index contributed by atoms with van der Waals surface area (Å²) in [7, 11) is 0. The summed E-state index contributed by atoms with van der Waals surface area (Å²) in [5.41, 5.74) is 0.902. The van der Waals surface area contributed by atoms with Crippen molar-refractivity contribution in [2.45, 2.75) is 38.9 Å². The van der Waals surface area contributed by atoms with E-state index in [1.807, 2.05) is 36.6 Å². The van der Waals surface area contributed by atoms with Crippen LogP contribution < -0.4 is 5.32 Å². The van der Waals surface area contributed by atoms with E-state index < -0.39 is 0 Å². The van der Waals surface area contributed by atoms with Crippen LogP contribution in [0.5, 0.6) is 0 Å². The minimum atomic E-state index is -0.133. The van der Waals surface area contributed by atoms with Gasteiger partial charge >= 0.3 is 0 Å². The first-order chi connectivity index (χ1) is 12.7. The maximum absolute atomic E-state index is 12.6. The van der Waals surface area contributed by atoms with Gasteiger partial charge in [0.15, 0.2) is 0 Å². The number of hydrogen-bond donors (Lipinski definition) is 1. The number of oxazole rings is 1. The molecule has 136 valence electrons. The van der Waals surface area contributed by atoms with Gasteiger partial charge in [-0.25, -0.2) is 4.98 Å². The molecule has 1 aliphatic heterocycles. The molecule has 1 N–H and O–H groups in total. The molecule has 4 heterocycles.